The highest BCUT2D eigenvalue weighted by molar-refractivity contribution is 5.74. The van der Waals surface area contributed by atoms with Gasteiger partial charge in [-0.15, -0.1) is 0 Å². The summed E-state index contributed by atoms with van der Waals surface area (Å²) in [6, 6.07) is 6.38. The molecule has 0 aromatic heterocycles. The third kappa shape index (κ3) is 1.87. The van der Waals surface area contributed by atoms with Crippen LogP contribution in [0.3, 0.4) is 0 Å². The summed E-state index contributed by atoms with van der Waals surface area (Å²) in [6.45, 7) is 0. The Hall–Kier alpha value is -1.28. The van der Waals surface area contributed by atoms with Crippen LogP contribution < -0.4 is 4.74 Å². The molecule has 1 N–H and O–H groups in total. The summed E-state index contributed by atoms with van der Waals surface area (Å²) in [5.41, 5.74) is 5.75. The van der Waals surface area contributed by atoms with E-state index < -0.39 is 0 Å². The van der Waals surface area contributed by atoms with Gasteiger partial charge >= 0.3 is 0 Å². The van der Waals surface area contributed by atoms with E-state index >= 15 is 0 Å². The van der Waals surface area contributed by atoms with Crippen molar-refractivity contribution in [2.75, 3.05) is 7.11 Å². The standard InChI is InChI=1S/C15H18O2/c1-17-13-5-7-15-11(9-13)3-2-10-8-12(16)4-6-14(10)15/h5,7,9,12,16H,2-4,6,8H2,1H3. The number of aryl methyl sites for hydroxylation is 1. The lowest BCUT2D eigenvalue weighted by Gasteiger charge is -2.29. The van der Waals surface area contributed by atoms with E-state index in [2.05, 4.69) is 12.1 Å². The molecule has 0 aliphatic heterocycles. The molecule has 0 spiro atoms. The highest BCUT2D eigenvalue weighted by Gasteiger charge is 2.25. The average Bonchev–Trinajstić information content (AvgIpc) is 2.37. The molecule has 0 saturated carbocycles. The lowest BCUT2D eigenvalue weighted by Crippen LogP contribution is -2.18. The molecule has 0 heterocycles. The maximum Gasteiger partial charge on any atom is 0.119 e. The van der Waals surface area contributed by atoms with E-state index in [9.17, 15) is 5.11 Å². The van der Waals surface area contributed by atoms with Gasteiger partial charge in [0.2, 0.25) is 0 Å². The van der Waals surface area contributed by atoms with Gasteiger partial charge in [0.1, 0.15) is 5.75 Å². The number of rotatable bonds is 1. The fraction of sp³-hybridized carbons (Fsp3) is 0.467. The summed E-state index contributed by atoms with van der Waals surface area (Å²) >= 11 is 0. The zero-order valence-electron chi connectivity index (χ0n) is 10.2. The van der Waals surface area contributed by atoms with Crippen molar-refractivity contribution >= 4 is 5.57 Å². The van der Waals surface area contributed by atoms with Crippen molar-refractivity contribution in [3.63, 3.8) is 0 Å². The summed E-state index contributed by atoms with van der Waals surface area (Å²) in [4.78, 5) is 0. The van der Waals surface area contributed by atoms with E-state index in [1.165, 1.54) is 22.3 Å². The first kappa shape index (κ1) is 10.8. The first-order valence-electron chi connectivity index (χ1n) is 6.34. The molecular weight excluding hydrogens is 212 g/mol. The molecule has 0 saturated heterocycles. The number of methoxy groups -OCH3 is 1. The quantitative estimate of drug-likeness (QED) is 0.803. The van der Waals surface area contributed by atoms with Crippen LogP contribution in [0.5, 0.6) is 5.75 Å². The van der Waals surface area contributed by atoms with Crippen LogP contribution >= 0.6 is 0 Å². The molecule has 1 unspecified atom stereocenters. The number of benzene rings is 1. The molecule has 2 aliphatic rings. The summed E-state index contributed by atoms with van der Waals surface area (Å²) in [5, 5.41) is 9.72. The van der Waals surface area contributed by atoms with Gasteiger partial charge < -0.3 is 9.84 Å². The zero-order valence-corrected chi connectivity index (χ0v) is 10.2. The Balaban J connectivity index is 2.03. The molecule has 1 atom stereocenters. The topological polar surface area (TPSA) is 29.5 Å². The molecule has 0 radical (unpaired) electrons. The van der Waals surface area contributed by atoms with Gasteiger partial charge in [0.15, 0.2) is 0 Å². The minimum absolute atomic E-state index is 0.117. The van der Waals surface area contributed by atoms with Gasteiger partial charge in [0.05, 0.1) is 13.2 Å². The number of aliphatic hydroxyl groups is 1. The van der Waals surface area contributed by atoms with Crippen LogP contribution in [0.1, 0.15) is 36.8 Å². The van der Waals surface area contributed by atoms with Crippen LogP contribution in [0.25, 0.3) is 5.57 Å². The van der Waals surface area contributed by atoms with E-state index in [4.69, 9.17) is 4.74 Å². The number of allylic oxidation sites excluding steroid dienone is 1. The van der Waals surface area contributed by atoms with Crippen LogP contribution in [0.4, 0.5) is 0 Å². The minimum Gasteiger partial charge on any atom is -0.497 e. The molecule has 17 heavy (non-hydrogen) atoms. The Labute approximate surface area is 102 Å². The second kappa shape index (κ2) is 4.19. The van der Waals surface area contributed by atoms with E-state index in [1.54, 1.807) is 7.11 Å². The maximum atomic E-state index is 9.72. The third-order valence-corrected chi connectivity index (χ3v) is 3.97. The van der Waals surface area contributed by atoms with Crippen molar-refractivity contribution in [3.8, 4) is 5.75 Å². The summed E-state index contributed by atoms with van der Waals surface area (Å²) in [7, 11) is 1.71. The summed E-state index contributed by atoms with van der Waals surface area (Å²) in [6.07, 6.45) is 4.87. The predicted octanol–water partition coefficient (Wildman–Crippen LogP) is 2.94. The molecule has 2 nitrogen and oxygen atoms in total. The zero-order chi connectivity index (χ0) is 11.8. The van der Waals surface area contributed by atoms with Crippen molar-refractivity contribution < 1.29 is 9.84 Å². The summed E-state index contributed by atoms with van der Waals surface area (Å²) < 4.78 is 5.28. The van der Waals surface area contributed by atoms with Gasteiger partial charge in [-0.2, -0.15) is 0 Å². The number of fused-ring (bicyclic) bond motifs is 2. The monoisotopic (exact) mass is 230 g/mol. The predicted molar refractivity (Wildman–Crippen MR) is 68.1 cm³/mol. The Morgan fingerprint density at radius 2 is 2.12 bits per heavy atom. The molecule has 3 rings (SSSR count). The second-order valence-corrected chi connectivity index (χ2v) is 5.00. The second-order valence-electron chi connectivity index (χ2n) is 5.00. The Morgan fingerprint density at radius 1 is 1.24 bits per heavy atom. The fourth-order valence-electron chi connectivity index (χ4n) is 3.06. The van der Waals surface area contributed by atoms with E-state index in [-0.39, 0.29) is 6.10 Å². The lowest BCUT2D eigenvalue weighted by molar-refractivity contribution is 0.160. The number of hydrogen-bond acceptors (Lipinski definition) is 2. The highest BCUT2D eigenvalue weighted by atomic mass is 16.5. The molecule has 0 fully saturated rings. The Bertz CT molecular complexity index is 474. The SMILES string of the molecule is COc1ccc2c(c1)CCC1=C2CCC(O)C1. The minimum atomic E-state index is -0.117. The first-order valence-corrected chi connectivity index (χ1v) is 6.34. The molecule has 2 aliphatic carbocycles. The number of ether oxygens (including phenoxy) is 1. The molecule has 2 heteroatoms. The smallest absolute Gasteiger partial charge is 0.119 e. The van der Waals surface area contributed by atoms with Crippen LogP contribution in [0, 0.1) is 0 Å². The Kier molecular flexibility index (Phi) is 2.67. The van der Waals surface area contributed by atoms with Crippen molar-refractivity contribution in [1.29, 1.82) is 0 Å². The fourth-order valence-corrected chi connectivity index (χ4v) is 3.06. The van der Waals surface area contributed by atoms with Crippen molar-refractivity contribution in [3.05, 3.63) is 34.9 Å². The Morgan fingerprint density at radius 3 is 2.94 bits per heavy atom. The van der Waals surface area contributed by atoms with Gasteiger partial charge in [0, 0.05) is 0 Å². The van der Waals surface area contributed by atoms with Crippen LogP contribution in [0.2, 0.25) is 0 Å². The van der Waals surface area contributed by atoms with Gasteiger partial charge in [-0.05, 0) is 60.9 Å². The molecule has 90 valence electrons. The normalized spacial score (nSPS) is 23.1. The average molecular weight is 230 g/mol. The molecule has 1 aromatic carbocycles. The largest absolute Gasteiger partial charge is 0.497 e. The lowest BCUT2D eigenvalue weighted by atomic mass is 9.77. The van der Waals surface area contributed by atoms with Gasteiger partial charge in [-0.3, -0.25) is 0 Å². The first-order chi connectivity index (χ1) is 8.28. The van der Waals surface area contributed by atoms with Gasteiger partial charge in [-0.25, -0.2) is 0 Å². The van der Waals surface area contributed by atoms with E-state index in [0.717, 1.165) is 37.9 Å². The van der Waals surface area contributed by atoms with Crippen molar-refractivity contribution in [1.82, 2.24) is 0 Å². The number of aliphatic hydroxyl groups excluding tert-OH is 1. The van der Waals surface area contributed by atoms with Crippen LogP contribution in [0.15, 0.2) is 23.8 Å². The third-order valence-electron chi connectivity index (χ3n) is 3.97. The van der Waals surface area contributed by atoms with E-state index in [0.29, 0.717) is 0 Å². The van der Waals surface area contributed by atoms with Crippen LogP contribution in [-0.2, 0) is 6.42 Å². The molecule has 0 amide bonds. The summed E-state index contributed by atoms with van der Waals surface area (Å²) in [5.74, 6) is 0.948. The van der Waals surface area contributed by atoms with Gasteiger partial charge in [0.25, 0.3) is 0 Å². The van der Waals surface area contributed by atoms with Crippen molar-refractivity contribution in [2.45, 2.75) is 38.2 Å². The van der Waals surface area contributed by atoms with Crippen LogP contribution in [-0.4, -0.2) is 18.3 Å². The highest BCUT2D eigenvalue weighted by Crippen LogP contribution is 2.40. The molecule has 0 bridgehead atoms. The van der Waals surface area contributed by atoms with Gasteiger partial charge in [-0.1, -0.05) is 11.6 Å². The maximum absolute atomic E-state index is 9.72. The molecule has 1 aromatic rings. The van der Waals surface area contributed by atoms with E-state index in [1.807, 2.05) is 6.07 Å². The van der Waals surface area contributed by atoms with Crippen molar-refractivity contribution in [2.24, 2.45) is 0 Å². The number of hydrogen-bond donors (Lipinski definition) is 1. The molecular formula is C15H18O2.